The van der Waals surface area contributed by atoms with Gasteiger partial charge in [0.1, 0.15) is 0 Å². The molecular weight excluding hydrogens is 158 g/mol. The van der Waals surface area contributed by atoms with Crippen molar-refractivity contribution >= 4 is 31.2 Å². The van der Waals surface area contributed by atoms with Crippen molar-refractivity contribution in [2.45, 2.75) is 4.33 Å². The highest BCUT2D eigenvalue weighted by atomic mass is 32.2. The Hall–Kier alpha value is -0.110. The Kier molecular flexibility index (Phi) is 1.51. The van der Waals surface area contributed by atoms with E-state index in [1.807, 2.05) is 0 Å². The first-order valence-electron chi connectivity index (χ1n) is 2.14. The minimum Gasteiger partial charge on any atom is -0.367 e. The van der Waals surface area contributed by atoms with Crippen molar-refractivity contribution < 1.29 is 0 Å². The molecular formula is C2H7N5S2. The minimum atomic E-state index is -0.959. The molecule has 5 nitrogen and oxygen atoms in total. The maximum absolute atomic E-state index is 5.24. The molecule has 7 heteroatoms. The molecule has 0 radical (unpaired) electrons. The molecule has 0 aromatic carbocycles. The molecule has 0 saturated heterocycles. The van der Waals surface area contributed by atoms with E-state index in [-0.39, 0.29) is 5.96 Å². The molecule has 1 aliphatic rings. The summed E-state index contributed by atoms with van der Waals surface area (Å²) in [6, 6.07) is 0. The van der Waals surface area contributed by atoms with E-state index < -0.39 is 4.33 Å². The molecule has 0 aromatic heterocycles. The van der Waals surface area contributed by atoms with Gasteiger partial charge < -0.3 is 5.73 Å². The molecule has 1 aliphatic heterocycles. The lowest BCUT2D eigenvalue weighted by Gasteiger charge is -2.15. The average molecular weight is 165 g/mol. The average Bonchev–Trinajstić information content (AvgIpc) is 1.79. The second kappa shape index (κ2) is 1.94. The van der Waals surface area contributed by atoms with Crippen LogP contribution in [0.2, 0.25) is 0 Å². The van der Waals surface area contributed by atoms with Gasteiger partial charge in [0.15, 0.2) is 0 Å². The van der Waals surface area contributed by atoms with Gasteiger partial charge in [-0.15, -0.1) is 25.3 Å². The number of nitrogens with zero attached hydrogens (tertiary/aromatic N) is 2. The van der Waals surface area contributed by atoms with Crippen molar-refractivity contribution in [3.05, 3.63) is 0 Å². The molecule has 0 bridgehead atoms. The van der Waals surface area contributed by atoms with Gasteiger partial charge in [0.2, 0.25) is 10.3 Å². The molecule has 0 spiro atoms. The SMILES string of the molecule is NC1=NC(S)(S)NN1N. The number of thiol groups is 2. The Morgan fingerprint density at radius 3 is 2.33 bits per heavy atom. The summed E-state index contributed by atoms with van der Waals surface area (Å²) < 4.78 is -0.959. The molecule has 0 saturated carbocycles. The van der Waals surface area contributed by atoms with Gasteiger partial charge in [0.25, 0.3) is 0 Å². The van der Waals surface area contributed by atoms with Crippen LogP contribution in [0.15, 0.2) is 4.99 Å². The van der Waals surface area contributed by atoms with Crippen LogP contribution in [0.5, 0.6) is 0 Å². The molecule has 0 unspecified atom stereocenters. The van der Waals surface area contributed by atoms with Crippen LogP contribution in [0.4, 0.5) is 0 Å². The van der Waals surface area contributed by atoms with Gasteiger partial charge in [-0.25, -0.2) is 16.0 Å². The largest absolute Gasteiger partial charge is 0.367 e. The van der Waals surface area contributed by atoms with Gasteiger partial charge in [0, 0.05) is 0 Å². The van der Waals surface area contributed by atoms with E-state index in [1.165, 1.54) is 0 Å². The molecule has 1 rings (SSSR count). The molecule has 0 atom stereocenters. The fraction of sp³-hybridized carbons (Fsp3) is 0.500. The fourth-order valence-electron chi connectivity index (χ4n) is 0.457. The zero-order valence-electron chi connectivity index (χ0n) is 4.44. The number of hydrogen-bond acceptors (Lipinski definition) is 7. The zero-order valence-corrected chi connectivity index (χ0v) is 6.23. The second-order valence-corrected chi connectivity index (χ2v) is 3.23. The van der Waals surface area contributed by atoms with E-state index >= 15 is 0 Å². The molecule has 0 aromatic rings. The Balaban J connectivity index is 2.74. The molecule has 0 amide bonds. The molecule has 9 heavy (non-hydrogen) atoms. The highest BCUT2D eigenvalue weighted by Gasteiger charge is 2.28. The number of nitrogens with two attached hydrogens (primary N) is 2. The molecule has 0 fully saturated rings. The number of hydrazine groups is 2. The Labute approximate surface area is 63.2 Å². The first kappa shape index (κ1) is 7.00. The highest BCUT2D eigenvalue weighted by molar-refractivity contribution is 8.00. The lowest BCUT2D eigenvalue weighted by molar-refractivity contribution is 0.331. The monoisotopic (exact) mass is 165 g/mol. The summed E-state index contributed by atoms with van der Waals surface area (Å²) in [5, 5.41) is 1.06. The molecule has 52 valence electrons. The van der Waals surface area contributed by atoms with Crippen molar-refractivity contribution in [2.75, 3.05) is 0 Å². The predicted octanol–water partition coefficient (Wildman–Crippen LogP) is -1.53. The number of nitrogens with one attached hydrogen (secondary N) is 1. The third kappa shape index (κ3) is 1.42. The summed E-state index contributed by atoms with van der Waals surface area (Å²) in [7, 11) is 0. The summed E-state index contributed by atoms with van der Waals surface area (Å²) >= 11 is 7.86. The fourth-order valence-corrected chi connectivity index (χ4v) is 0.878. The molecule has 0 aliphatic carbocycles. The second-order valence-electron chi connectivity index (χ2n) is 1.59. The van der Waals surface area contributed by atoms with Gasteiger partial charge in [-0.3, -0.25) is 0 Å². The minimum absolute atomic E-state index is 0.167. The number of rotatable bonds is 0. The van der Waals surface area contributed by atoms with Crippen LogP contribution < -0.4 is 17.0 Å². The lowest BCUT2D eigenvalue weighted by Crippen LogP contribution is -2.49. The summed E-state index contributed by atoms with van der Waals surface area (Å²) in [5.74, 6) is 5.39. The van der Waals surface area contributed by atoms with E-state index in [0.29, 0.717) is 0 Å². The van der Waals surface area contributed by atoms with Crippen LogP contribution in [0.3, 0.4) is 0 Å². The normalized spacial score (nSPS) is 24.3. The van der Waals surface area contributed by atoms with E-state index in [4.69, 9.17) is 11.6 Å². The van der Waals surface area contributed by atoms with Crippen LogP contribution in [-0.4, -0.2) is 15.4 Å². The quantitative estimate of drug-likeness (QED) is 0.171. The van der Waals surface area contributed by atoms with E-state index in [1.54, 1.807) is 0 Å². The predicted molar refractivity (Wildman–Crippen MR) is 41.5 cm³/mol. The summed E-state index contributed by atoms with van der Waals surface area (Å²) in [4.78, 5) is 3.71. The van der Waals surface area contributed by atoms with Crippen molar-refractivity contribution in [1.82, 2.24) is 10.5 Å². The number of aliphatic imine (C=N–C) groups is 1. The van der Waals surface area contributed by atoms with Crippen molar-refractivity contribution in [3.63, 3.8) is 0 Å². The van der Waals surface area contributed by atoms with Crippen LogP contribution >= 0.6 is 25.3 Å². The van der Waals surface area contributed by atoms with Gasteiger partial charge in [-0.2, -0.15) is 5.43 Å². The maximum atomic E-state index is 5.24. The number of guanidine groups is 1. The van der Waals surface area contributed by atoms with Crippen LogP contribution in [-0.2, 0) is 0 Å². The Morgan fingerprint density at radius 1 is 1.67 bits per heavy atom. The zero-order chi connectivity index (χ0) is 7.07. The highest BCUT2D eigenvalue weighted by Crippen LogP contribution is 2.20. The van der Waals surface area contributed by atoms with Gasteiger partial charge in [-0.05, 0) is 0 Å². The molecule has 5 N–H and O–H groups in total. The summed E-state index contributed by atoms with van der Waals surface area (Å²) in [6.45, 7) is 0. The lowest BCUT2D eigenvalue weighted by atomic mass is 11.0. The first-order valence-corrected chi connectivity index (χ1v) is 3.03. The Bertz CT molecular complexity index is 153. The topological polar surface area (TPSA) is 79.7 Å². The van der Waals surface area contributed by atoms with Gasteiger partial charge in [0.05, 0.1) is 0 Å². The van der Waals surface area contributed by atoms with Crippen molar-refractivity contribution in [2.24, 2.45) is 16.6 Å². The third-order valence-corrected chi connectivity index (χ3v) is 1.19. The van der Waals surface area contributed by atoms with E-state index in [2.05, 4.69) is 35.7 Å². The standard InChI is InChI=1S/C2H7N5S2/c3-1-5-2(8,9)6-7(1)4/h6,8-9H,4H2,(H2,3,5). The van der Waals surface area contributed by atoms with E-state index in [0.717, 1.165) is 5.12 Å². The van der Waals surface area contributed by atoms with Gasteiger partial charge >= 0.3 is 0 Å². The molecule has 1 heterocycles. The van der Waals surface area contributed by atoms with Crippen molar-refractivity contribution in [1.29, 1.82) is 0 Å². The summed E-state index contributed by atoms with van der Waals surface area (Å²) in [6.07, 6.45) is 0. The Morgan fingerprint density at radius 2 is 2.22 bits per heavy atom. The number of hydrogen-bond donors (Lipinski definition) is 5. The summed E-state index contributed by atoms with van der Waals surface area (Å²) in [5.41, 5.74) is 7.80. The first-order chi connectivity index (χ1) is 4.01. The van der Waals surface area contributed by atoms with Crippen molar-refractivity contribution in [3.8, 4) is 0 Å². The maximum Gasteiger partial charge on any atom is 0.224 e. The van der Waals surface area contributed by atoms with Crippen LogP contribution in [0, 0.1) is 0 Å². The third-order valence-electron chi connectivity index (χ3n) is 0.788. The smallest absolute Gasteiger partial charge is 0.224 e. The van der Waals surface area contributed by atoms with Gasteiger partial charge in [-0.1, -0.05) is 0 Å². The van der Waals surface area contributed by atoms with E-state index in [9.17, 15) is 0 Å². The van der Waals surface area contributed by atoms with Crippen LogP contribution in [0.25, 0.3) is 0 Å². The van der Waals surface area contributed by atoms with Crippen LogP contribution in [0.1, 0.15) is 0 Å².